The number of anilines is 3. The summed E-state index contributed by atoms with van der Waals surface area (Å²) in [6, 6.07) is 16.2. The Morgan fingerprint density at radius 2 is 1.81 bits per heavy atom. The number of hydrogen-bond donors (Lipinski definition) is 3. The lowest BCUT2D eigenvalue weighted by Gasteiger charge is -2.19. The highest BCUT2D eigenvalue weighted by Crippen LogP contribution is 2.31. The Labute approximate surface area is 185 Å². The number of nitrogens with one attached hydrogen (secondary N) is 3. The zero-order valence-electron chi connectivity index (χ0n) is 17.4. The van der Waals surface area contributed by atoms with Crippen molar-refractivity contribution in [2.45, 2.75) is 18.7 Å². The van der Waals surface area contributed by atoms with E-state index in [2.05, 4.69) is 15.4 Å². The number of aryl methyl sites for hydroxylation is 2. The molecule has 3 N–H and O–H groups in total. The van der Waals surface area contributed by atoms with Crippen LogP contribution < -0.4 is 20.1 Å². The van der Waals surface area contributed by atoms with Crippen molar-refractivity contribution in [1.29, 1.82) is 0 Å². The smallest absolute Gasteiger partial charge is 0.262 e. The molecule has 9 heteroatoms. The number of amides is 2. The van der Waals surface area contributed by atoms with Crippen LogP contribution in [-0.2, 0) is 14.8 Å². The van der Waals surface area contributed by atoms with Crippen LogP contribution >= 0.6 is 0 Å². The van der Waals surface area contributed by atoms with Crippen LogP contribution in [-0.4, -0.2) is 26.8 Å². The topological polar surface area (TPSA) is 114 Å². The predicted octanol–water partition coefficient (Wildman–Crippen LogP) is 3.69. The van der Waals surface area contributed by atoms with E-state index in [9.17, 15) is 18.0 Å². The Bertz CT molecular complexity index is 1340. The molecule has 3 aromatic carbocycles. The maximum atomic E-state index is 12.9. The van der Waals surface area contributed by atoms with Gasteiger partial charge in [0.25, 0.3) is 21.8 Å². The van der Waals surface area contributed by atoms with Gasteiger partial charge in [0.1, 0.15) is 5.75 Å². The molecule has 0 spiro atoms. The lowest BCUT2D eigenvalue weighted by atomic mass is 10.1. The average Bonchev–Trinajstić information content (AvgIpc) is 2.73. The lowest BCUT2D eigenvalue weighted by molar-refractivity contribution is -0.118. The molecule has 0 atom stereocenters. The summed E-state index contributed by atoms with van der Waals surface area (Å²) in [5, 5.41) is 5.42. The highest BCUT2D eigenvalue weighted by molar-refractivity contribution is 7.92. The van der Waals surface area contributed by atoms with Crippen LogP contribution in [0.2, 0.25) is 0 Å². The van der Waals surface area contributed by atoms with Crippen LogP contribution in [0.15, 0.2) is 65.6 Å². The van der Waals surface area contributed by atoms with E-state index in [-0.39, 0.29) is 23.0 Å². The van der Waals surface area contributed by atoms with E-state index in [4.69, 9.17) is 4.74 Å². The molecule has 1 aliphatic rings. The first kappa shape index (κ1) is 21.4. The summed E-state index contributed by atoms with van der Waals surface area (Å²) in [7, 11) is -3.89. The molecule has 0 aliphatic carbocycles. The van der Waals surface area contributed by atoms with E-state index < -0.39 is 15.9 Å². The first-order valence-corrected chi connectivity index (χ1v) is 11.3. The van der Waals surface area contributed by atoms with Gasteiger partial charge in [0, 0.05) is 16.9 Å². The number of carbonyl (C=O) groups excluding carboxylic acids is 2. The van der Waals surface area contributed by atoms with E-state index in [0.29, 0.717) is 28.4 Å². The molecule has 0 aromatic heterocycles. The highest BCUT2D eigenvalue weighted by Gasteiger charge is 2.20. The molecule has 3 aromatic rings. The summed E-state index contributed by atoms with van der Waals surface area (Å²) < 4.78 is 33.5. The molecule has 32 heavy (non-hydrogen) atoms. The van der Waals surface area contributed by atoms with Crippen molar-refractivity contribution in [3.8, 4) is 5.75 Å². The quantitative estimate of drug-likeness (QED) is 0.548. The van der Waals surface area contributed by atoms with E-state index in [1.807, 2.05) is 13.0 Å². The molecule has 2 amide bonds. The molecule has 0 bridgehead atoms. The van der Waals surface area contributed by atoms with Gasteiger partial charge in [0.15, 0.2) is 6.61 Å². The summed E-state index contributed by atoms with van der Waals surface area (Å²) in [6.07, 6.45) is 0. The van der Waals surface area contributed by atoms with E-state index in [0.717, 1.165) is 5.56 Å². The van der Waals surface area contributed by atoms with Crippen LogP contribution in [0.5, 0.6) is 5.75 Å². The fourth-order valence-corrected chi connectivity index (χ4v) is 4.37. The molecular formula is C23H21N3O5S. The SMILES string of the molecule is Cc1cccc(NS(=O)(=O)c2ccc(C)c(C(=O)Nc3ccc4c(c3)NC(=O)CO4)c2)c1. The molecule has 0 fully saturated rings. The number of ether oxygens (including phenoxy) is 1. The van der Waals surface area contributed by atoms with Gasteiger partial charge in [0.05, 0.1) is 10.6 Å². The lowest BCUT2D eigenvalue weighted by Crippen LogP contribution is -2.25. The molecule has 1 heterocycles. The van der Waals surface area contributed by atoms with Gasteiger partial charge in [0.2, 0.25) is 0 Å². The van der Waals surface area contributed by atoms with E-state index in [1.54, 1.807) is 49.4 Å². The summed E-state index contributed by atoms with van der Waals surface area (Å²) >= 11 is 0. The average molecular weight is 452 g/mol. The van der Waals surface area contributed by atoms with Gasteiger partial charge in [-0.15, -0.1) is 0 Å². The first-order chi connectivity index (χ1) is 15.2. The second kappa shape index (κ2) is 8.35. The fraction of sp³-hybridized carbons (Fsp3) is 0.130. The Morgan fingerprint density at radius 1 is 1.00 bits per heavy atom. The van der Waals surface area contributed by atoms with Crippen molar-refractivity contribution >= 4 is 38.9 Å². The van der Waals surface area contributed by atoms with Gasteiger partial charge in [-0.05, 0) is 67.4 Å². The standard InChI is InChI=1S/C23H21N3O5S/c1-14-4-3-5-17(10-14)26-32(29,30)18-8-6-15(2)19(12-18)23(28)24-16-7-9-21-20(11-16)25-22(27)13-31-21/h3-12,26H,13H2,1-2H3,(H,24,28)(H,25,27). The van der Waals surface area contributed by atoms with E-state index in [1.165, 1.54) is 12.1 Å². The number of carbonyl (C=O) groups is 2. The van der Waals surface area contributed by atoms with Crippen molar-refractivity contribution in [2.75, 3.05) is 22.0 Å². The highest BCUT2D eigenvalue weighted by atomic mass is 32.2. The molecule has 0 saturated heterocycles. The number of hydrogen-bond acceptors (Lipinski definition) is 5. The molecule has 1 aliphatic heterocycles. The third kappa shape index (κ3) is 4.57. The number of fused-ring (bicyclic) bond motifs is 1. The second-order valence-corrected chi connectivity index (χ2v) is 9.14. The number of sulfonamides is 1. The van der Waals surface area contributed by atoms with Crippen LogP contribution in [0.3, 0.4) is 0 Å². The Hall–Kier alpha value is -3.85. The zero-order chi connectivity index (χ0) is 22.9. The largest absolute Gasteiger partial charge is 0.482 e. The van der Waals surface area contributed by atoms with Gasteiger partial charge in [-0.3, -0.25) is 14.3 Å². The zero-order valence-corrected chi connectivity index (χ0v) is 18.2. The second-order valence-electron chi connectivity index (χ2n) is 7.45. The van der Waals surface area contributed by atoms with E-state index >= 15 is 0 Å². The van der Waals surface area contributed by atoms with Crippen LogP contribution in [0, 0.1) is 13.8 Å². The minimum atomic E-state index is -3.89. The number of rotatable bonds is 5. The van der Waals surface area contributed by atoms with Gasteiger partial charge in [-0.1, -0.05) is 18.2 Å². The Kier molecular flexibility index (Phi) is 5.58. The van der Waals surface area contributed by atoms with Crippen molar-refractivity contribution in [1.82, 2.24) is 0 Å². The third-order valence-corrected chi connectivity index (χ3v) is 6.28. The van der Waals surface area contributed by atoms with Gasteiger partial charge >= 0.3 is 0 Å². The maximum absolute atomic E-state index is 12.9. The summed E-state index contributed by atoms with van der Waals surface area (Å²) in [5.41, 5.74) is 3.08. The summed E-state index contributed by atoms with van der Waals surface area (Å²) in [6.45, 7) is 3.53. The van der Waals surface area contributed by atoms with Crippen LogP contribution in [0.1, 0.15) is 21.5 Å². The minimum absolute atomic E-state index is 0.0270. The Morgan fingerprint density at radius 3 is 2.59 bits per heavy atom. The third-order valence-electron chi connectivity index (χ3n) is 4.90. The Balaban J connectivity index is 1.58. The molecule has 4 rings (SSSR count). The summed E-state index contributed by atoms with van der Waals surface area (Å²) in [4.78, 5) is 24.4. The van der Waals surface area contributed by atoms with Crippen LogP contribution in [0.4, 0.5) is 17.1 Å². The molecule has 164 valence electrons. The van der Waals surface area contributed by atoms with Crippen molar-refractivity contribution < 1.29 is 22.7 Å². The van der Waals surface area contributed by atoms with Crippen molar-refractivity contribution in [2.24, 2.45) is 0 Å². The van der Waals surface area contributed by atoms with Gasteiger partial charge < -0.3 is 15.4 Å². The molecule has 8 nitrogen and oxygen atoms in total. The van der Waals surface area contributed by atoms with Crippen molar-refractivity contribution in [3.05, 3.63) is 77.4 Å². The monoisotopic (exact) mass is 451 g/mol. The minimum Gasteiger partial charge on any atom is -0.482 e. The summed E-state index contributed by atoms with van der Waals surface area (Å²) in [5.74, 6) is -0.247. The normalized spacial score (nSPS) is 12.9. The number of benzene rings is 3. The molecule has 0 unspecified atom stereocenters. The molecule has 0 saturated carbocycles. The maximum Gasteiger partial charge on any atom is 0.262 e. The predicted molar refractivity (Wildman–Crippen MR) is 122 cm³/mol. The van der Waals surface area contributed by atoms with Gasteiger partial charge in [-0.25, -0.2) is 8.42 Å². The molecular weight excluding hydrogens is 430 g/mol. The van der Waals surface area contributed by atoms with Gasteiger partial charge in [-0.2, -0.15) is 0 Å². The molecule has 0 radical (unpaired) electrons. The first-order valence-electron chi connectivity index (χ1n) is 9.79. The van der Waals surface area contributed by atoms with Crippen molar-refractivity contribution in [3.63, 3.8) is 0 Å². The fourth-order valence-electron chi connectivity index (χ4n) is 3.29. The van der Waals surface area contributed by atoms with Crippen LogP contribution in [0.25, 0.3) is 0 Å².